The van der Waals surface area contributed by atoms with Crippen LogP contribution in [0.2, 0.25) is 0 Å². The van der Waals surface area contributed by atoms with Crippen LogP contribution in [0.5, 0.6) is 0 Å². The highest BCUT2D eigenvalue weighted by Gasteiger charge is 2.37. The lowest BCUT2D eigenvalue weighted by molar-refractivity contribution is 0.0776. The zero-order chi connectivity index (χ0) is 19.5. The van der Waals surface area contributed by atoms with Gasteiger partial charge in [0.15, 0.2) is 0 Å². The Morgan fingerprint density at radius 3 is 2.61 bits per heavy atom. The van der Waals surface area contributed by atoms with Gasteiger partial charge in [-0.2, -0.15) is 0 Å². The fraction of sp³-hybridized carbons (Fsp3) is 0.571. The molecule has 0 bridgehead atoms. The Hall–Kier alpha value is -2.25. The van der Waals surface area contributed by atoms with Crippen molar-refractivity contribution in [1.29, 1.82) is 0 Å². The van der Waals surface area contributed by atoms with E-state index < -0.39 is 0 Å². The molecule has 1 N–H and O–H groups in total. The molecule has 0 spiro atoms. The summed E-state index contributed by atoms with van der Waals surface area (Å²) in [6.45, 7) is 4.24. The lowest BCUT2D eigenvalue weighted by atomic mass is 9.96. The summed E-state index contributed by atoms with van der Waals surface area (Å²) < 4.78 is 1.40. The SMILES string of the molecule is O=C(c1cnc2ccccn2c1=O)N1C[C@@H](CN2CCCCCC2)[C@@H](CO)C1. The molecule has 2 aliphatic rings. The molecule has 2 aromatic heterocycles. The minimum atomic E-state index is -0.341. The number of fused-ring (bicyclic) bond motifs is 1. The molecule has 2 atom stereocenters. The first-order valence-corrected chi connectivity index (χ1v) is 10.3. The summed E-state index contributed by atoms with van der Waals surface area (Å²) in [5.74, 6) is 0.0131. The van der Waals surface area contributed by atoms with E-state index in [1.165, 1.54) is 36.3 Å². The minimum absolute atomic E-state index is 0.0587. The number of hydrogen-bond acceptors (Lipinski definition) is 5. The van der Waals surface area contributed by atoms with E-state index >= 15 is 0 Å². The van der Waals surface area contributed by atoms with Crippen LogP contribution in [0.25, 0.3) is 5.65 Å². The maximum atomic E-state index is 13.0. The van der Waals surface area contributed by atoms with E-state index in [1.54, 1.807) is 23.2 Å². The van der Waals surface area contributed by atoms with Gasteiger partial charge >= 0.3 is 0 Å². The average molecular weight is 384 g/mol. The topological polar surface area (TPSA) is 78.2 Å². The Labute approximate surface area is 164 Å². The fourth-order valence-corrected chi connectivity index (χ4v) is 4.51. The van der Waals surface area contributed by atoms with E-state index in [1.807, 2.05) is 6.07 Å². The molecule has 7 nitrogen and oxygen atoms in total. The number of aromatic nitrogens is 2. The number of amides is 1. The lowest BCUT2D eigenvalue weighted by Crippen LogP contribution is -2.36. The van der Waals surface area contributed by atoms with E-state index in [0.29, 0.717) is 18.7 Å². The lowest BCUT2D eigenvalue weighted by Gasteiger charge is -2.26. The van der Waals surface area contributed by atoms with Crippen molar-refractivity contribution in [2.75, 3.05) is 39.3 Å². The minimum Gasteiger partial charge on any atom is -0.396 e. The smallest absolute Gasteiger partial charge is 0.270 e. The van der Waals surface area contributed by atoms with Gasteiger partial charge in [0.2, 0.25) is 0 Å². The second-order valence-corrected chi connectivity index (χ2v) is 8.03. The van der Waals surface area contributed by atoms with Crippen molar-refractivity contribution < 1.29 is 9.90 Å². The molecule has 2 aliphatic heterocycles. The summed E-state index contributed by atoms with van der Waals surface area (Å²) in [5, 5.41) is 9.85. The van der Waals surface area contributed by atoms with Crippen LogP contribution in [-0.2, 0) is 0 Å². The number of rotatable bonds is 4. The van der Waals surface area contributed by atoms with E-state index in [-0.39, 0.29) is 35.5 Å². The number of hydrogen-bond donors (Lipinski definition) is 1. The molecule has 7 heteroatoms. The van der Waals surface area contributed by atoms with Gasteiger partial charge in [-0.05, 0) is 44.0 Å². The maximum Gasteiger partial charge on any atom is 0.270 e. The van der Waals surface area contributed by atoms with Crippen molar-refractivity contribution in [3.8, 4) is 0 Å². The maximum absolute atomic E-state index is 13.0. The summed E-state index contributed by atoms with van der Waals surface area (Å²) in [6.07, 6.45) is 8.03. The van der Waals surface area contributed by atoms with Gasteiger partial charge in [-0.1, -0.05) is 18.9 Å². The second-order valence-electron chi connectivity index (χ2n) is 8.03. The molecule has 0 unspecified atom stereocenters. The van der Waals surface area contributed by atoms with Crippen LogP contribution in [0.3, 0.4) is 0 Å². The number of carbonyl (C=O) groups excluding carboxylic acids is 1. The first kappa shape index (κ1) is 19.1. The first-order chi connectivity index (χ1) is 13.7. The van der Waals surface area contributed by atoms with Gasteiger partial charge in [0.05, 0.1) is 0 Å². The van der Waals surface area contributed by atoms with Gasteiger partial charge in [-0.3, -0.25) is 14.0 Å². The van der Waals surface area contributed by atoms with Crippen molar-refractivity contribution in [3.63, 3.8) is 0 Å². The van der Waals surface area contributed by atoms with Crippen molar-refractivity contribution >= 4 is 11.6 Å². The van der Waals surface area contributed by atoms with Crippen molar-refractivity contribution in [1.82, 2.24) is 19.2 Å². The summed E-state index contributed by atoms with van der Waals surface area (Å²) in [4.78, 5) is 34.2. The van der Waals surface area contributed by atoms with Crippen LogP contribution in [0.15, 0.2) is 35.4 Å². The van der Waals surface area contributed by atoms with Gasteiger partial charge in [0, 0.05) is 44.6 Å². The molecule has 2 fully saturated rings. The van der Waals surface area contributed by atoms with Crippen LogP contribution < -0.4 is 5.56 Å². The molecule has 28 heavy (non-hydrogen) atoms. The van der Waals surface area contributed by atoms with Gasteiger partial charge in [0.1, 0.15) is 11.2 Å². The third kappa shape index (κ3) is 3.82. The molecule has 4 rings (SSSR count). The van der Waals surface area contributed by atoms with Crippen LogP contribution in [-0.4, -0.2) is 69.5 Å². The molecule has 0 radical (unpaired) electrons. The Bertz CT molecular complexity index is 889. The quantitative estimate of drug-likeness (QED) is 0.858. The highest BCUT2D eigenvalue weighted by molar-refractivity contribution is 5.94. The molecule has 2 aromatic rings. The van der Waals surface area contributed by atoms with Crippen molar-refractivity contribution in [2.45, 2.75) is 25.7 Å². The van der Waals surface area contributed by atoms with E-state index in [9.17, 15) is 14.7 Å². The molecule has 150 valence electrons. The number of carbonyl (C=O) groups is 1. The normalized spacial score (nSPS) is 23.8. The van der Waals surface area contributed by atoms with E-state index in [4.69, 9.17) is 0 Å². The molecular formula is C21H28N4O3. The molecule has 4 heterocycles. The first-order valence-electron chi connectivity index (χ1n) is 10.3. The molecule has 1 amide bonds. The van der Waals surface area contributed by atoms with Gasteiger partial charge in [-0.15, -0.1) is 0 Å². The zero-order valence-corrected chi connectivity index (χ0v) is 16.2. The number of likely N-dealkylation sites (tertiary alicyclic amines) is 2. The van der Waals surface area contributed by atoms with Crippen LogP contribution in [0.1, 0.15) is 36.0 Å². The molecule has 2 saturated heterocycles. The molecule has 0 aromatic carbocycles. The van der Waals surface area contributed by atoms with Crippen LogP contribution in [0, 0.1) is 11.8 Å². The predicted molar refractivity (Wildman–Crippen MR) is 106 cm³/mol. The van der Waals surface area contributed by atoms with Crippen molar-refractivity contribution in [2.24, 2.45) is 11.8 Å². The zero-order valence-electron chi connectivity index (χ0n) is 16.2. The number of aliphatic hydroxyl groups is 1. The third-order valence-electron chi connectivity index (χ3n) is 6.13. The number of pyridine rings is 1. The fourth-order valence-electron chi connectivity index (χ4n) is 4.51. The average Bonchev–Trinajstić information content (AvgIpc) is 2.94. The Morgan fingerprint density at radius 1 is 1.11 bits per heavy atom. The monoisotopic (exact) mass is 384 g/mol. The summed E-state index contributed by atoms with van der Waals surface area (Å²) in [5.41, 5.74) is 0.278. The summed E-state index contributed by atoms with van der Waals surface area (Å²) >= 11 is 0. The Balaban J connectivity index is 1.50. The number of aliphatic hydroxyl groups excluding tert-OH is 1. The Kier molecular flexibility index (Phi) is 5.73. The largest absolute Gasteiger partial charge is 0.396 e. The van der Waals surface area contributed by atoms with Gasteiger partial charge in [0.25, 0.3) is 11.5 Å². The van der Waals surface area contributed by atoms with Gasteiger partial charge in [-0.25, -0.2) is 4.98 Å². The van der Waals surface area contributed by atoms with Crippen LogP contribution >= 0.6 is 0 Å². The van der Waals surface area contributed by atoms with E-state index in [0.717, 1.165) is 19.6 Å². The molecule has 0 saturated carbocycles. The van der Waals surface area contributed by atoms with E-state index in [2.05, 4.69) is 9.88 Å². The molecular weight excluding hydrogens is 356 g/mol. The highest BCUT2D eigenvalue weighted by atomic mass is 16.3. The van der Waals surface area contributed by atoms with Gasteiger partial charge < -0.3 is 14.9 Å². The number of nitrogens with zero attached hydrogens (tertiary/aromatic N) is 4. The predicted octanol–water partition coefficient (Wildman–Crippen LogP) is 1.25. The van der Waals surface area contributed by atoms with Crippen molar-refractivity contribution in [3.05, 3.63) is 46.5 Å². The standard InChI is InChI=1S/C21H28N4O3/c26-15-17-14-24(13-16(17)12-23-8-4-1-2-5-9-23)20(27)18-11-22-19-7-3-6-10-25(19)21(18)28/h3,6-7,10-11,16-17,26H,1-2,4-5,8-9,12-15H2/t16-,17-/m1/s1. The second kappa shape index (κ2) is 8.41. The molecule has 0 aliphatic carbocycles. The summed E-state index contributed by atoms with van der Waals surface area (Å²) in [6, 6.07) is 5.30. The Morgan fingerprint density at radius 2 is 1.86 bits per heavy atom. The third-order valence-corrected chi connectivity index (χ3v) is 6.13. The summed E-state index contributed by atoms with van der Waals surface area (Å²) in [7, 11) is 0. The van der Waals surface area contributed by atoms with Crippen LogP contribution in [0.4, 0.5) is 0 Å². The highest BCUT2D eigenvalue weighted by Crippen LogP contribution is 2.26.